The van der Waals surface area contributed by atoms with Gasteiger partial charge in [-0.1, -0.05) is 30.3 Å². The molecule has 6 rings (SSSR count). The van der Waals surface area contributed by atoms with Gasteiger partial charge in [-0.3, -0.25) is 24.6 Å². The summed E-state index contributed by atoms with van der Waals surface area (Å²) in [6.07, 6.45) is -3.85. The van der Waals surface area contributed by atoms with Crippen LogP contribution in [-0.4, -0.2) is 44.7 Å². The summed E-state index contributed by atoms with van der Waals surface area (Å²) in [5.41, 5.74) is 3.25. The van der Waals surface area contributed by atoms with Gasteiger partial charge in [0.25, 0.3) is 5.91 Å². The summed E-state index contributed by atoms with van der Waals surface area (Å²) in [5.74, 6) is -0.464. The minimum absolute atomic E-state index is 0.195. The van der Waals surface area contributed by atoms with Gasteiger partial charge in [-0.05, 0) is 41.8 Å². The third-order valence-electron chi connectivity index (χ3n) is 7.75. The van der Waals surface area contributed by atoms with E-state index >= 15 is 0 Å². The minimum Gasteiger partial charge on any atom is -0.489 e. The van der Waals surface area contributed by atoms with Crippen LogP contribution >= 0.6 is 0 Å². The summed E-state index contributed by atoms with van der Waals surface area (Å²) in [4.78, 5) is 40.5. The lowest BCUT2D eigenvalue weighted by Gasteiger charge is -2.30. The van der Waals surface area contributed by atoms with Crippen LogP contribution in [0.3, 0.4) is 0 Å². The molecule has 1 atom stereocenters. The zero-order valence-corrected chi connectivity index (χ0v) is 21.5. The van der Waals surface area contributed by atoms with Crippen molar-refractivity contribution in [1.82, 2.24) is 19.7 Å². The molecule has 2 aromatic carbocycles. The van der Waals surface area contributed by atoms with Crippen LogP contribution in [0, 0.1) is 0 Å². The summed E-state index contributed by atoms with van der Waals surface area (Å²) in [7, 11) is 0. The van der Waals surface area contributed by atoms with Crippen molar-refractivity contribution in [2.24, 2.45) is 0 Å². The van der Waals surface area contributed by atoms with E-state index in [0.717, 1.165) is 22.8 Å². The van der Waals surface area contributed by atoms with Crippen LogP contribution in [0.4, 0.5) is 13.2 Å². The molecule has 1 N–H and O–H groups in total. The molecule has 0 radical (unpaired) electrons. The van der Waals surface area contributed by atoms with Gasteiger partial charge in [-0.15, -0.1) is 0 Å². The van der Waals surface area contributed by atoms with Crippen molar-refractivity contribution in [2.45, 2.75) is 57.8 Å². The van der Waals surface area contributed by atoms with Crippen molar-refractivity contribution in [3.63, 3.8) is 0 Å². The van der Waals surface area contributed by atoms with Crippen LogP contribution in [0.15, 0.2) is 54.6 Å². The Morgan fingerprint density at radius 2 is 1.70 bits per heavy atom. The molecular weight excluding hydrogens is 525 g/mol. The summed E-state index contributed by atoms with van der Waals surface area (Å²) in [5, 5.41) is 2.31. The second-order valence-electron chi connectivity index (χ2n) is 10.4. The molecule has 208 valence electrons. The number of amides is 3. The van der Waals surface area contributed by atoms with Crippen molar-refractivity contribution in [1.29, 1.82) is 0 Å². The standard InChI is InChI=1S/C29H27F3N4O4/c30-29(31,32)25-10-8-20-15-34(12-13-35(20)25)14-18-4-6-19(7-5-18)17-40-24-3-1-2-21-22(24)16-36(28(21)39)23-9-11-26(37)33-27(23)38/h1-8,10,23H,9,11-17H2,(H,33,37,38). The SMILES string of the molecule is O=C1CCC(N2Cc3c(OCc4ccc(CN5CCn6c(ccc6C(F)(F)F)C5)cc4)cccc3C2=O)C(=O)N1. The average Bonchev–Trinajstić information content (AvgIpc) is 3.50. The molecule has 3 amide bonds. The Morgan fingerprint density at radius 3 is 2.45 bits per heavy atom. The van der Waals surface area contributed by atoms with E-state index in [-0.39, 0.29) is 31.4 Å². The third-order valence-corrected chi connectivity index (χ3v) is 7.75. The Hall–Kier alpha value is -4.12. The zero-order valence-electron chi connectivity index (χ0n) is 21.5. The normalized spacial score (nSPS) is 19.4. The third kappa shape index (κ3) is 4.97. The summed E-state index contributed by atoms with van der Waals surface area (Å²) in [6, 6.07) is 15.1. The lowest BCUT2D eigenvalue weighted by atomic mass is 10.0. The minimum atomic E-state index is -4.35. The van der Waals surface area contributed by atoms with Crippen molar-refractivity contribution in [3.05, 3.63) is 88.2 Å². The number of nitrogens with one attached hydrogen (secondary N) is 1. The van der Waals surface area contributed by atoms with Crippen LogP contribution in [0.5, 0.6) is 5.75 Å². The largest absolute Gasteiger partial charge is 0.489 e. The van der Waals surface area contributed by atoms with Crippen molar-refractivity contribution >= 4 is 17.7 Å². The summed E-state index contributed by atoms with van der Waals surface area (Å²) < 4.78 is 47.0. The first kappa shape index (κ1) is 26.1. The maximum Gasteiger partial charge on any atom is 0.431 e. The van der Waals surface area contributed by atoms with E-state index < -0.39 is 23.8 Å². The summed E-state index contributed by atoms with van der Waals surface area (Å²) in [6.45, 7) is 2.42. The van der Waals surface area contributed by atoms with E-state index in [2.05, 4.69) is 10.2 Å². The van der Waals surface area contributed by atoms with Gasteiger partial charge in [-0.25, -0.2) is 0 Å². The van der Waals surface area contributed by atoms with Crippen LogP contribution in [0.25, 0.3) is 0 Å². The molecule has 1 fully saturated rings. The monoisotopic (exact) mass is 552 g/mol. The number of benzene rings is 2. The lowest BCUT2D eigenvalue weighted by Crippen LogP contribution is -2.52. The highest BCUT2D eigenvalue weighted by Crippen LogP contribution is 2.35. The van der Waals surface area contributed by atoms with Gasteiger partial charge in [0.15, 0.2) is 0 Å². The topological polar surface area (TPSA) is 83.9 Å². The molecule has 40 heavy (non-hydrogen) atoms. The average molecular weight is 553 g/mol. The van der Waals surface area contributed by atoms with E-state index in [9.17, 15) is 27.6 Å². The van der Waals surface area contributed by atoms with Gasteiger partial charge in [0.05, 0.1) is 6.54 Å². The van der Waals surface area contributed by atoms with Crippen LogP contribution < -0.4 is 10.1 Å². The predicted octanol–water partition coefficient (Wildman–Crippen LogP) is 3.86. The van der Waals surface area contributed by atoms with Crippen molar-refractivity contribution in [3.8, 4) is 5.75 Å². The number of nitrogens with zero attached hydrogens (tertiary/aromatic N) is 3. The van der Waals surface area contributed by atoms with Crippen LogP contribution in [0.2, 0.25) is 0 Å². The fourth-order valence-electron chi connectivity index (χ4n) is 5.70. The van der Waals surface area contributed by atoms with E-state index in [4.69, 9.17) is 4.74 Å². The fourth-order valence-corrected chi connectivity index (χ4v) is 5.70. The number of imide groups is 1. The first-order chi connectivity index (χ1) is 19.2. The van der Waals surface area contributed by atoms with Crippen molar-refractivity contribution < 1.29 is 32.3 Å². The highest BCUT2D eigenvalue weighted by Gasteiger charge is 2.40. The highest BCUT2D eigenvalue weighted by atomic mass is 19.4. The number of carbonyl (C=O) groups excluding carboxylic acids is 3. The van der Waals surface area contributed by atoms with Crippen LogP contribution in [0.1, 0.15) is 51.3 Å². The number of ether oxygens (including phenoxy) is 1. The molecule has 0 spiro atoms. The molecule has 3 aromatic rings. The molecule has 11 heteroatoms. The number of hydrogen-bond acceptors (Lipinski definition) is 5. The number of fused-ring (bicyclic) bond motifs is 2. The first-order valence-corrected chi connectivity index (χ1v) is 13.1. The van der Waals surface area contributed by atoms with Gasteiger partial charge >= 0.3 is 6.18 Å². The Bertz CT molecular complexity index is 1480. The quantitative estimate of drug-likeness (QED) is 0.470. The molecular formula is C29H27F3N4O4. The van der Waals surface area contributed by atoms with Gasteiger partial charge in [0.1, 0.15) is 24.1 Å². The Morgan fingerprint density at radius 1 is 0.925 bits per heavy atom. The van der Waals surface area contributed by atoms with Gasteiger partial charge in [0, 0.05) is 49.4 Å². The molecule has 1 saturated heterocycles. The fraction of sp³-hybridized carbons (Fsp3) is 0.345. The molecule has 3 aliphatic heterocycles. The lowest BCUT2D eigenvalue weighted by molar-refractivity contribution is -0.144. The predicted molar refractivity (Wildman–Crippen MR) is 137 cm³/mol. The molecule has 4 heterocycles. The number of rotatable bonds is 6. The highest BCUT2D eigenvalue weighted by molar-refractivity contribution is 6.05. The van der Waals surface area contributed by atoms with Gasteiger partial charge in [-0.2, -0.15) is 13.2 Å². The molecule has 1 aromatic heterocycles. The number of piperidine rings is 1. The van der Waals surface area contributed by atoms with E-state index in [1.165, 1.54) is 9.47 Å². The van der Waals surface area contributed by atoms with Crippen LogP contribution in [-0.2, 0) is 48.6 Å². The first-order valence-electron chi connectivity index (χ1n) is 13.1. The van der Waals surface area contributed by atoms with E-state index in [1.807, 2.05) is 24.3 Å². The number of hydrogen-bond donors (Lipinski definition) is 1. The second-order valence-corrected chi connectivity index (χ2v) is 10.4. The van der Waals surface area contributed by atoms with Crippen molar-refractivity contribution in [2.75, 3.05) is 6.54 Å². The number of halogens is 3. The van der Waals surface area contributed by atoms with E-state index in [0.29, 0.717) is 49.6 Å². The molecule has 0 aliphatic carbocycles. The van der Waals surface area contributed by atoms with Gasteiger partial charge < -0.3 is 14.2 Å². The maximum absolute atomic E-state index is 13.2. The molecule has 1 unspecified atom stereocenters. The Labute approximate surface area is 228 Å². The zero-order chi connectivity index (χ0) is 28.0. The Kier molecular flexibility index (Phi) is 6.61. The summed E-state index contributed by atoms with van der Waals surface area (Å²) >= 11 is 0. The Balaban J connectivity index is 1.07. The number of aromatic nitrogens is 1. The number of carbonyl (C=O) groups is 3. The smallest absolute Gasteiger partial charge is 0.431 e. The molecule has 0 saturated carbocycles. The van der Waals surface area contributed by atoms with E-state index in [1.54, 1.807) is 24.3 Å². The molecule has 3 aliphatic rings. The molecule has 0 bridgehead atoms. The van der Waals surface area contributed by atoms with Gasteiger partial charge in [0.2, 0.25) is 11.8 Å². The second kappa shape index (κ2) is 10.1. The number of alkyl halides is 3. The molecule has 8 nitrogen and oxygen atoms in total. The maximum atomic E-state index is 13.2.